The Labute approximate surface area is 58.2 Å². The summed E-state index contributed by atoms with van der Waals surface area (Å²) in [5.41, 5.74) is 0.745. The van der Waals surface area contributed by atoms with E-state index in [1.807, 2.05) is 0 Å². The van der Waals surface area contributed by atoms with Gasteiger partial charge in [0.25, 0.3) is 0 Å². The Morgan fingerprint density at radius 3 is 2.89 bits per heavy atom. The Bertz CT molecular complexity index is 222. The average molecular weight is 141 g/mol. The van der Waals surface area contributed by atoms with Gasteiger partial charge in [0.1, 0.15) is 5.15 Å². The second kappa shape index (κ2) is 2.60. The highest BCUT2D eigenvalue weighted by Crippen LogP contribution is 2.13. The molecular formula is C6H5ClN2. The van der Waals surface area contributed by atoms with Gasteiger partial charge in [0.05, 0.1) is 5.69 Å². The maximum Gasteiger partial charge on any atom is 0.131 e. The molecule has 0 aliphatic rings. The Hall–Kier alpha value is -0.890. The SMILES string of the molecule is C=Nc1ccnc(Cl)c1. The highest BCUT2D eigenvalue weighted by Gasteiger charge is 1.87. The lowest BCUT2D eigenvalue weighted by atomic mass is 10.4. The van der Waals surface area contributed by atoms with Gasteiger partial charge in [0.2, 0.25) is 0 Å². The molecule has 1 aromatic rings. The minimum absolute atomic E-state index is 0.444. The van der Waals surface area contributed by atoms with Crippen molar-refractivity contribution >= 4 is 24.0 Å². The molecule has 0 aliphatic heterocycles. The molecule has 1 heterocycles. The first kappa shape index (κ1) is 6.23. The van der Waals surface area contributed by atoms with Crippen LogP contribution in [0.4, 0.5) is 5.69 Å². The largest absolute Gasteiger partial charge is 0.265 e. The summed E-state index contributed by atoms with van der Waals surface area (Å²) in [6, 6.07) is 3.38. The van der Waals surface area contributed by atoms with Crippen molar-refractivity contribution in [3.05, 3.63) is 23.5 Å². The number of aromatic nitrogens is 1. The van der Waals surface area contributed by atoms with Gasteiger partial charge in [-0.2, -0.15) is 0 Å². The van der Waals surface area contributed by atoms with Crippen LogP contribution in [0.5, 0.6) is 0 Å². The van der Waals surface area contributed by atoms with Crippen molar-refractivity contribution in [3.63, 3.8) is 0 Å². The van der Waals surface area contributed by atoms with E-state index in [1.165, 1.54) is 0 Å². The molecule has 0 radical (unpaired) electrons. The molecule has 2 nitrogen and oxygen atoms in total. The van der Waals surface area contributed by atoms with E-state index in [0.717, 1.165) is 5.69 Å². The van der Waals surface area contributed by atoms with Gasteiger partial charge in [0, 0.05) is 12.3 Å². The van der Waals surface area contributed by atoms with E-state index in [4.69, 9.17) is 11.6 Å². The van der Waals surface area contributed by atoms with Gasteiger partial charge in [-0.25, -0.2) is 4.98 Å². The lowest BCUT2D eigenvalue weighted by Crippen LogP contribution is -1.69. The van der Waals surface area contributed by atoms with E-state index in [2.05, 4.69) is 16.7 Å². The van der Waals surface area contributed by atoms with E-state index in [1.54, 1.807) is 18.3 Å². The van der Waals surface area contributed by atoms with Gasteiger partial charge in [-0.3, -0.25) is 4.99 Å². The van der Waals surface area contributed by atoms with Gasteiger partial charge >= 0.3 is 0 Å². The van der Waals surface area contributed by atoms with Crippen molar-refractivity contribution in [2.75, 3.05) is 0 Å². The fraction of sp³-hybridized carbons (Fsp3) is 0. The van der Waals surface area contributed by atoms with Crippen LogP contribution in [0.15, 0.2) is 23.3 Å². The molecule has 0 spiro atoms. The van der Waals surface area contributed by atoms with Crippen LogP contribution in [0.3, 0.4) is 0 Å². The molecular weight excluding hydrogens is 136 g/mol. The summed E-state index contributed by atoms with van der Waals surface area (Å²) < 4.78 is 0. The Morgan fingerprint density at radius 1 is 1.67 bits per heavy atom. The lowest BCUT2D eigenvalue weighted by Gasteiger charge is -1.89. The number of rotatable bonds is 1. The average Bonchev–Trinajstić information content (AvgIpc) is 1.88. The van der Waals surface area contributed by atoms with Gasteiger partial charge < -0.3 is 0 Å². The first-order valence-electron chi connectivity index (χ1n) is 2.41. The maximum atomic E-state index is 5.52. The lowest BCUT2D eigenvalue weighted by molar-refractivity contribution is 1.32. The first-order valence-corrected chi connectivity index (χ1v) is 2.79. The molecule has 46 valence electrons. The number of nitrogens with zero attached hydrogens (tertiary/aromatic N) is 2. The minimum Gasteiger partial charge on any atom is -0.265 e. The highest BCUT2D eigenvalue weighted by molar-refractivity contribution is 6.29. The summed E-state index contributed by atoms with van der Waals surface area (Å²) >= 11 is 5.52. The highest BCUT2D eigenvalue weighted by atomic mass is 35.5. The Morgan fingerprint density at radius 2 is 2.44 bits per heavy atom. The van der Waals surface area contributed by atoms with Crippen molar-refractivity contribution in [2.24, 2.45) is 4.99 Å². The molecule has 0 atom stereocenters. The van der Waals surface area contributed by atoms with Crippen LogP contribution >= 0.6 is 11.6 Å². The van der Waals surface area contributed by atoms with Gasteiger partial charge in [-0.1, -0.05) is 11.6 Å². The summed E-state index contributed by atoms with van der Waals surface area (Å²) in [5, 5.41) is 0.444. The van der Waals surface area contributed by atoms with E-state index in [9.17, 15) is 0 Å². The normalized spacial score (nSPS) is 9.00. The fourth-order valence-electron chi connectivity index (χ4n) is 0.491. The number of hydrogen-bond donors (Lipinski definition) is 0. The fourth-order valence-corrected chi connectivity index (χ4v) is 0.659. The maximum absolute atomic E-state index is 5.52. The summed E-state index contributed by atoms with van der Waals surface area (Å²) in [6.45, 7) is 3.34. The molecule has 3 heteroatoms. The van der Waals surface area contributed by atoms with Crippen LogP contribution in [0.2, 0.25) is 5.15 Å². The minimum atomic E-state index is 0.444. The Kier molecular flexibility index (Phi) is 1.80. The van der Waals surface area contributed by atoms with Gasteiger partial charge in [-0.15, -0.1) is 0 Å². The molecule has 1 rings (SSSR count). The number of pyridine rings is 1. The zero-order valence-electron chi connectivity index (χ0n) is 4.71. The topological polar surface area (TPSA) is 25.2 Å². The third kappa shape index (κ3) is 1.50. The van der Waals surface area contributed by atoms with Crippen molar-refractivity contribution < 1.29 is 0 Å². The van der Waals surface area contributed by atoms with E-state index in [0.29, 0.717) is 5.15 Å². The standard InChI is InChI=1S/C6H5ClN2/c1-8-5-2-3-9-6(7)4-5/h2-4H,1H2. The van der Waals surface area contributed by atoms with Crippen molar-refractivity contribution in [3.8, 4) is 0 Å². The molecule has 0 fully saturated rings. The predicted molar refractivity (Wildman–Crippen MR) is 38.5 cm³/mol. The molecule has 0 N–H and O–H groups in total. The molecule has 9 heavy (non-hydrogen) atoms. The number of hydrogen-bond acceptors (Lipinski definition) is 2. The molecule has 0 aliphatic carbocycles. The second-order valence-electron chi connectivity index (χ2n) is 1.49. The summed E-state index contributed by atoms with van der Waals surface area (Å²) in [7, 11) is 0. The Balaban J connectivity index is 3.07. The van der Waals surface area contributed by atoms with Crippen LogP contribution in [0.25, 0.3) is 0 Å². The molecule has 0 amide bonds. The molecule has 0 aromatic carbocycles. The molecule has 1 aromatic heterocycles. The van der Waals surface area contributed by atoms with E-state index >= 15 is 0 Å². The molecule has 0 saturated carbocycles. The van der Waals surface area contributed by atoms with E-state index < -0.39 is 0 Å². The third-order valence-corrected chi connectivity index (χ3v) is 1.10. The van der Waals surface area contributed by atoms with Crippen LogP contribution in [0.1, 0.15) is 0 Å². The zero-order valence-corrected chi connectivity index (χ0v) is 5.47. The number of halogens is 1. The molecule has 0 unspecified atom stereocenters. The van der Waals surface area contributed by atoms with Crippen molar-refractivity contribution in [1.29, 1.82) is 0 Å². The second-order valence-corrected chi connectivity index (χ2v) is 1.88. The van der Waals surface area contributed by atoms with Crippen molar-refractivity contribution in [2.45, 2.75) is 0 Å². The van der Waals surface area contributed by atoms with Crippen LogP contribution in [-0.2, 0) is 0 Å². The van der Waals surface area contributed by atoms with Gasteiger partial charge in [0.15, 0.2) is 0 Å². The molecule has 0 saturated heterocycles. The zero-order chi connectivity index (χ0) is 6.69. The quantitative estimate of drug-likeness (QED) is 0.433. The summed E-state index contributed by atoms with van der Waals surface area (Å²) in [4.78, 5) is 7.42. The first-order chi connectivity index (χ1) is 4.33. The van der Waals surface area contributed by atoms with Gasteiger partial charge in [-0.05, 0) is 12.8 Å². The van der Waals surface area contributed by atoms with Crippen molar-refractivity contribution in [1.82, 2.24) is 4.98 Å². The summed E-state index contributed by atoms with van der Waals surface area (Å²) in [5.74, 6) is 0. The number of aliphatic imine (C=N–C) groups is 1. The smallest absolute Gasteiger partial charge is 0.131 e. The van der Waals surface area contributed by atoms with Crippen LogP contribution in [0, 0.1) is 0 Å². The van der Waals surface area contributed by atoms with E-state index in [-0.39, 0.29) is 0 Å². The van der Waals surface area contributed by atoms with Crippen LogP contribution < -0.4 is 0 Å². The molecule has 0 bridgehead atoms. The monoisotopic (exact) mass is 140 g/mol. The predicted octanol–water partition coefficient (Wildman–Crippen LogP) is 2.07. The van der Waals surface area contributed by atoms with Crippen LogP contribution in [-0.4, -0.2) is 11.7 Å². The summed E-state index contributed by atoms with van der Waals surface area (Å²) in [6.07, 6.45) is 1.59. The third-order valence-electron chi connectivity index (χ3n) is 0.893.